The summed E-state index contributed by atoms with van der Waals surface area (Å²) in [6.07, 6.45) is -3.54. The molecule has 184 valence electrons. The Labute approximate surface area is 197 Å². The Balaban J connectivity index is 2.00. The van der Waals surface area contributed by atoms with Crippen LogP contribution < -0.4 is 5.73 Å². The molecular weight excluding hydrogens is 474 g/mol. The minimum absolute atomic E-state index is 0.172. The fraction of sp³-hybridized carbons (Fsp3) is 0.526. The minimum Gasteiger partial charge on any atom is -0.463 e. The van der Waals surface area contributed by atoms with Crippen LogP contribution in [0.25, 0.3) is 11.2 Å². The Kier molecular flexibility index (Phi) is 7.88. The van der Waals surface area contributed by atoms with E-state index in [0.29, 0.717) is 11.2 Å². The molecule has 0 spiro atoms. The Morgan fingerprint density at radius 1 is 0.971 bits per heavy atom. The zero-order chi connectivity index (χ0) is 25.0. The lowest BCUT2D eigenvalue weighted by Gasteiger charge is -2.43. The van der Waals surface area contributed by atoms with Gasteiger partial charge in [-0.3, -0.25) is 19.2 Å². The largest absolute Gasteiger partial charge is 0.463 e. The van der Waals surface area contributed by atoms with Crippen LogP contribution in [0, 0.1) is 0 Å². The highest BCUT2D eigenvalue weighted by molar-refractivity contribution is 7.99. The number of esters is 4. The van der Waals surface area contributed by atoms with Crippen LogP contribution in [0.15, 0.2) is 11.5 Å². The third-order valence-corrected chi connectivity index (χ3v) is 5.50. The normalized spacial score (nSPS) is 24.3. The van der Waals surface area contributed by atoms with Gasteiger partial charge in [-0.05, 0) is 0 Å². The van der Waals surface area contributed by atoms with Crippen LogP contribution in [-0.4, -0.2) is 80.3 Å². The lowest BCUT2D eigenvalue weighted by Crippen LogP contribution is -2.61. The number of thioether (sulfide) groups is 1. The van der Waals surface area contributed by atoms with Crippen LogP contribution in [0.5, 0.6) is 0 Å². The summed E-state index contributed by atoms with van der Waals surface area (Å²) in [5.41, 5.74) is 5.49. The summed E-state index contributed by atoms with van der Waals surface area (Å²) in [5.74, 6) is -2.56. The number of carbonyl (C=O) groups excluding carboxylic acids is 4. The van der Waals surface area contributed by atoms with E-state index >= 15 is 0 Å². The Bertz CT molecular complexity index is 1090. The molecule has 3 heterocycles. The van der Waals surface area contributed by atoms with Crippen LogP contribution >= 0.6 is 11.8 Å². The highest BCUT2D eigenvalue weighted by atomic mass is 32.2. The summed E-state index contributed by atoms with van der Waals surface area (Å²) < 4.78 is 27.2. The Morgan fingerprint density at radius 2 is 1.59 bits per heavy atom. The Morgan fingerprint density at radius 3 is 2.18 bits per heavy atom. The van der Waals surface area contributed by atoms with Crippen molar-refractivity contribution in [3.8, 4) is 0 Å². The highest BCUT2D eigenvalue weighted by Gasteiger charge is 2.52. The first-order chi connectivity index (χ1) is 16.0. The topological polar surface area (TPSA) is 195 Å². The van der Waals surface area contributed by atoms with Crippen LogP contribution in [0.1, 0.15) is 27.7 Å². The van der Waals surface area contributed by atoms with Crippen molar-refractivity contribution in [1.82, 2.24) is 19.9 Å². The second kappa shape index (κ2) is 10.6. The molecule has 2 aromatic rings. The van der Waals surface area contributed by atoms with Gasteiger partial charge in [0.25, 0.3) is 0 Å². The fourth-order valence-corrected chi connectivity index (χ4v) is 4.34. The molecule has 1 aliphatic rings. The van der Waals surface area contributed by atoms with E-state index in [-0.39, 0.29) is 17.6 Å². The number of nitrogen functional groups attached to an aromatic ring is 1. The molecule has 5 atom stereocenters. The molecule has 0 radical (unpaired) electrons. The molecule has 0 aliphatic carbocycles. The first kappa shape index (κ1) is 25.2. The van der Waals surface area contributed by atoms with Gasteiger partial charge in [-0.2, -0.15) is 0 Å². The van der Waals surface area contributed by atoms with Crippen LogP contribution in [0.4, 0.5) is 5.82 Å². The van der Waals surface area contributed by atoms with Gasteiger partial charge < -0.3 is 34.4 Å². The van der Waals surface area contributed by atoms with Crippen molar-refractivity contribution in [2.24, 2.45) is 0 Å². The van der Waals surface area contributed by atoms with Crippen molar-refractivity contribution in [3.05, 3.63) is 6.33 Å². The zero-order valence-corrected chi connectivity index (χ0v) is 19.5. The Hall–Kier alpha value is -3.46. The monoisotopic (exact) mass is 497 g/mol. The standard InChI is InChI=1S/C19H23N5O9S/c1-7(25)29-5-11-13(30-8(2)26)14(31-9(3)27)15(32-10(4)28)18(33-11)34-19-23-12-16(20)21-6-22-17(12)24-19/h6,11,13-15,18H,5H2,1-4H3,(H3,20,21,22,23,24)/t11-,13+,14-,15-,18-/m0/s1. The van der Waals surface area contributed by atoms with Gasteiger partial charge in [0.05, 0.1) is 0 Å². The van der Waals surface area contributed by atoms with Crippen molar-refractivity contribution < 1.29 is 42.9 Å². The number of fused-ring (bicyclic) bond motifs is 1. The highest BCUT2D eigenvalue weighted by Crippen LogP contribution is 2.37. The van der Waals surface area contributed by atoms with E-state index in [1.165, 1.54) is 13.3 Å². The molecule has 0 bridgehead atoms. The molecule has 34 heavy (non-hydrogen) atoms. The summed E-state index contributed by atoms with van der Waals surface area (Å²) >= 11 is 0.977. The summed E-state index contributed by atoms with van der Waals surface area (Å²) in [6.45, 7) is 4.33. The van der Waals surface area contributed by atoms with Crippen LogP contribution in [0.3, 0.4) is 0 Å². The van der Waals surface area contributed by atoms with E-state index in [2.05, 4.69) is 19.9 Å². The van der Waals surface area contributed by atoms with Crippen molar-refractivity contribution in [1.29, 1.82) is 0 Å². The van der Waals surface area contributed by atoms with Gasteiger partial charge in [-0.1, -0.05) is 11.8 Å². The maximum Gasteiger partial charge on any atom is 0.303 e. The van der Waals surface area contributed by atoms with E-state index < -0.39 is 53.7 Å². The minimum atomic E-state index is -1.27. The molecule has 1 fully saturated rings. The molecule has 1 aliphatic heterocycles. The second-order valence-electron chi connectivity index (χ2n) is 7.18. The third-order valence-electron chi connectivity index (χ3n) is 4.47. The van der Waals surface area contributed by atoms with Crippen molar-refractivity contribution in [2.75, 3.05) is 12.3 Å². The number of carbonyl (C=O) groups is 4. The van der Waals surface area contributed by atoms with Crippen LogP contribution in [0.2, 0.25) is 0 Å². The number of rotatable bonds is 7. The van der Waals surface area contributed by atoms with Crippen molar-refractivity contribution in [2.45, 2.75) is 62.7 Å². The predicted molar refractivity (Wildman–Crippen MR) is 114 cm³/mol. The summed E-state index contributed by atoms with van der Waals surface area (Å²) in [7, 11) is 0. The predicted octanol–water partition coefficient (Wildman–Crippen LogP) is 0.110. The lowest BCUT2D eigenvalue weighted by molar-refractivity contribution is -0.237. The molecule has 2 aromatic heterocycles. The summed E-state index contributed by atoms with van der Waals surface area (Å²) in [4.78, 5) is 62.1. The summed E-state index contributed by atoms with van der Waals surface area (Å²) in [6, 6.07) is 0. The first-order valence-electron chi connectivity index (χ1n) is 9.98. The lowest BCUT2D eigenvalue weighted by atomic mass is 9.99. The number of aromatic amines is 1. The molecule has 3 rings (SSSR count). The number of H-pyrrole nitrogens is 1. The van der Waals surface area contributed by atoms with E-state index in [0.717, 1.165) is 32.5 Å². The molecular formula is C19H23N5O9S. The van der Waals surface area contributed by atoms with Crippen molar-refractivity contribution >= 4 is 52.6 Å². The number of aromatic nitrogens is 4. The molecule has 3 N–H and O–H groups in total. The number of ether oxygens (including phenoxy) is 5. The number of anilines is 1. The number of imidazole rings is 1. The smallest absolute Gasteiger partial charge is 0.303 e. The van der Waals surface area contributed by atoms with Gasteiger partial charge in [0, 0.05) is 27.7 Å². The molecule has 0 saturated carbocycles. The number of nitrogens with one attached hydrogen (secondary N) is 1. The van der Waals surface area contributed by atoms with Gasteiger partial charge in [-0.15, -0.1) is 0 Å². The average molecular weight is 497 g/mol. The summed E-state index contributed by atoms with van der Waals surface area (Å²) in [5, 5.41) is 0.281. The molecule has 0 amide bonds. The maximum absolute atomic E-state index is 11.9. The first-order valence-corrected chi connectivity index (χ1v) is 10.9. The number of nitrogens with two attached hydrogens (primary N) is 1. The van der Waals surface area contributed by atoms with E-state index in [1.807, 2.05) is 0 Å². The molecule has 0 unspecified atom stereocenters. The molecule has 15 heteroatoms. The van der Waals surface area contributed by atoms with E-state index in [4.69, 9.17) is 29.4 Å². The van der Waals surface area contributed by atoms with E-state index in [9.17, 15) is 19.2 Å². The van der Waals surface area contributed by atoms with Crippen LogP contribution in [-0.2, 0) is 42.9 Å². The molecule has 1 saturated heterocycles. The quantitative estimate of drug-likeness (QED) is 0.386. The zero-order valence-electron chi connectivity index (χ0n) is 18.7. The number of nitrogens with zero attached hydrogens (tertiary/aromatic N) is 3. The van der Waals surface area contributed by atoms with Gasteiger partial charge >= 0.3 is 23.9 Å². The van der Waals surface area contributed by atoms with Gasteiger partial charge in [0.1, 0.15) is 24.6 Å². The van der Waals surface area contributed by atoms with Gasteiger partial charge in [-0.25, -0.2) is 15.0 Å². The second-order valence-corrected chi connectivity index (χ2v) is 8.27. The molecule has 14 nitrogen and oxygen atoms in total. The average Bonchev–Trinajstić information content (AvgIpc) is 3.14. The fourth-order valence-electron chi connectivity index (χ4n) is 3.27. The number of hydrogen-bond donors (Lipinski definition) is 2. The SMILES string of the molecule is CC(=O)OC[C@@H]1O[C@@H](Sc2nc3ncnc(N)c3[nH]2)[C@@H](OC(C)=O)[C@@H](OC(C)=O)[C@@H]1OC(C)=O. The molecule has 0 aromatic carbocycles. The maximum atomic E-state index is 11.9. The number of hydrogen-bond acceptors (Lipinski definition) is 14. The van der Waals surface area contributed by atoms with E-state index in [1.54, 1.807) is 0 Å². The van der Waals surface area contributed by atoms with Crippen molar-refractivity contribution in [3.63, 3.8) is 0 Å². The van der Waals surface area contributed by atoms with Gasteiger partial charge in [0.2, 0.25) is 0 Å². The van der Waals surface area contributed by atoms with Gasteiger partial charge in [0.15, 0.2) is 40.4 Å². The third kappa shape index (κ3) is 6.11.